The Morgan fingerprint density at radius 2 is 1.77 bits per heavy atom. The Labute approximate surface area is 178 Å². The molecule has 3 aromatic rings. The van der Waals surface area contributed by atoms with Gasteiger partial charge in [0.25, 0.3) is 5.91 Å². The van der Waals surface area contributed by atoms with Crippen molar-refractivity contribution in [1.29, 1.82) is 0 Å². The lowest BCUT2D eigenvalue weighted by atomic mass is 10.1. The van der Waals surface area contributed by atoms with E-state index in [4.69, 9.17) is 0 Å². The minimum atomic E-state index is -0.511. The molecular formula is C22H22N4O3S. The van der Waals surface area contributed by atoms with Gasteiger partial charge in [-0.2, -0.15) is 10.1 Å². The van der Waals surface area contributed by atoms with E-state index in [0.717, 1.165) is 16.8 Å². The number of thioether (sulfide) groups is 1. The molecule has 154 valence electrons. The van der Waals surface area contributed by atoms with Crippen molar-refractivity contribution in [3.05, 3.63) is 77.0 Å². The van der Waals surface area contributed by atoms with Gasteiger partial charge in [-0.15, -0.1) is 0 Å². The number of benzene rings is 2. The highest BCUT2D eigenvalue weighted by Crippen LogP contribution is 2.23. The molecule has 0 saturated heterocycles. The molecule has 1 aromatic heterocycles. The second kappa shape index (κ2) is 9.89. The summed E-state index contributed by atoms with van der Waals surface area (Å²) in [5.74, 6) is -0.270. The van der Waals surface area contributed by atoms with Crippen molar-refractivity contribution in [1.82, 2.24) is 15.4 Å². The fourth-order valence-corrected chi connectivity index (χ4v) is 3.67. The molecule has 0 unspecified atom stereocenters. The molecule has 30 heavy (non-hydrogen) atoms. The third-order valence-electron chi connectivity index (χ3n) is 4.41. The summed E-state index contributed by atoms with van der Waals surface area (Å²) < 4.78 is 0. The van der Waals surface area contributed by atoms with Gasteiger partial charge >= 0.3 is 0 Å². The van der Waals surface area contributed by atoms with Gasteiger partial charge in [-0.1, -0.05) is 61.2 Å². The number of carbonyl (C=O) groups is 1. The molecule has 1 amide bonds. The predicted octanol–water partition coefficient (Wildman–Crippen LogP) is 3.69. The molecule has 0 radical (unpaired) electrons. The highest BCUT2D eigenvalue weighted by Gasteiger charge is 2.13. The van der Waals surface area contributed by atoms with Crippen molar-refractivity contribution in [3.8, 4) is 11.6 Å². The van der Waals surface area contributed by atoms with Gasteiger partial charge in [0.15, 0.2) is 5.16 Å². The summed E-state index contributed by atoms with van der Waals surface area (Å²) >= 11 is 1.31. The van der Waals surface area contributed by atoms with Gasteiger partial charge in [0.1, 0.15) is 5.75 Å². The number of rotatable bonds is 7. The van der Waals surface area contributed by atoms with Gasteiger partial charge in [0.2, 0.25) is 5.88 Å². The maximum Gasteiger partial charge on any atom is 0.275 e. The van der Waals surface area contributed by atoms with Crippen LogP contribution in [0.15, 0.2) is 64.9 Å². The van der Waals surface area contributed by atoms with Crippen molar-refractivity contribution >= 4 is 23.4 Å². The zero-order valence-electron chi connectivity index (χ0n) is 16.7. The maximum absolute atomic E-state index is 12.4. The van der Waals surface area contributed by atoms with Crippen LogP contribution in [0.3, 0.4) is 0 Å². The SMILES string of the molecule is CCc1c(C)nc(SC/C(=N\NC(=O)c2ccccc2O)c2ccccc2)nc1O. The first-order valence-corrected chi connectivity index (χ1v) is 10.4. The van der Waals surface area contributed by atoms with Gasteiger partial charge < -0.3 is 10.2 Å². The number of carbonyl (C=O) groups excluding carboxylic acids is 1. The third-order valence-corrected chi connectivity index (χ3v) is 5.27. The predicted molar refractivity (Wildman–Crippen MR) is 117 cm³/mol. The summed E-state index contributed by atoms with van der Waals surface area (Å²) in [6.45, 7) is 3.77. The second-order valence-electron chi connectivity index (χ2n) is 6.42. The smallest absolute Gasteiger partial charge is 0.275 e. The van der Waals surface area contributed by atoms with E-state index < -0.39 is 5.91 Å². The Bertz CT molecular complexity index is 1050. The largest absolute Gasteiger partial charge is 0.507 e. The summed E-state index contributed by atoms with van der Waals surface area (Å²) in [6, 6.07) is 15.7. The van der Waals surface area contributed by atoms with Gasteiger partial charge in [-0.05, 0) is 31.0 Å². The highest BCUT2D eigenvalue weighted by atomic mass is 32.2. The van der Waals surface area contributed by atoms with Crippen LogP contribution in [0, 0.1) is 6.92 Å². The molecule has 0 atom stereocenters. The molecule has 0 aliphatic rings. The van der Waals surface area contributed by atoms with Crippen LogP contribution in [0.25, 0.3) is 0 Å². The number of para-hydroxylation sites is 1. The van der Waals surface area contributed by atoms with E-state index in [2.05, 4.69) is 20.5 Å². The van der Waals surface area contributed by atoms with Crippen LogP contribution in [-0.2, 0) is 6.42 Å². The summed E-state index contributed by atoms with van der Waals surface area (Å²) in [5.41, 5.74) is 5.53. The Kier molecular flexibility index (Phi) is 7.03. The van der Waals surface area contributed by atoms with E-state index >= 15 is 0 Å². The molecule has 0 aliphatic heterocycles. The van der Waals surface area contributed by atoms with Crippen LogP contribution in [-0.4, -0.2) is 37.6 Å². The average molecular weight is 423 g/mol. The molecule has 3 rings (SSSR count). The second-order valence-corrected chi connectivity index (χ2v) is 7.36. The summed E-state index contributed by atoms with van der Waals surface area (Å²) in [7, 11) is 0. The van der Waals surface area contributed by atoms with Crippen LogP contribution < -0.4 is 5.43 Å². The Hall–Kier alpha value is -3.39. The lowest BCUT2D eigenvalue weighted by molar-refractivity contribution is 0.0952. The minimum Gasteiger partial charge on any atom is -0.507 e. The van der Waals surface area contributed by atoms with E-state index in [-0.39, 0.29) is 17.2 Å². The van der Waals surface area contributed by atoms with Gasteiger partial charge in [0.05, 0.1) is 11.3 Å². The number of aromatic nitrogens is 2. The number of hydrazone groups is 1. The van der Waals surface area contributed by atoms with Crippen molar-refractivity contribution < 1.29 is 15.0 Å². The number of aromatic hydroxyl groups is 2. The van der Waals surface area contributed by atoms with E-state index in [1.54, 1.807) is 12.1 Å². The molecule has 3 N–H and O–H groups in total. The summed E-state index contributed by atoms with van der Waals surface area (Å²) in [4.78, 5) is 21.0. The fraction of sp³-hybridized carbons (Fsp3) is 0.182. The minimum absolute atomic E-state index is 0.0152. The van der Waals surface area contributed by atoms with Crippen LogP contribution in [0.2, 0.25) is 0 Å². The molecular weight excluding hydrogens is 400 g/mol. The number of hydrogen-bond acceptors (Lipinski definition) is 7. The molecule has 0 spiro atoms. The first-order valence-electron chi connectivity index (χ1n) is 9.39. The molecule has 1 heterocycles. The fourth-order valence-electron chi connectivity index (χ4n) is 2.82. The molecule has 0 aliphatic carbocycles. The maximum atomic E-state index is 12.4. The van der Waals surface area contributed by atoms with E-state index in [0.29, 0.717) is 23.0 Å². The van der Waals surface area contributed by atoms with Crippen LogP contribution >= 0.6 is 11.8 Å². The number of phenols is 1. The first-order chi connectivity index (χ1) is 14.5. The number of nitrogens with one attached hydrogen (secondary N) is 1. The summed E-state index contributed by atoms with van der Waals surface area (Å²) in [5, 5.41) is 24.7. The topological polar surface area (TPSA) is 108 Å². The lowest BCUT2D eigenvalue weighted by Gasteiger charge is -2.10. The average Bonchev–Trinajstić information content (AvgIpc) is 2.74. The van der Waals surface area contributed by atoms with Crippen LogP contribution in [0.5, 0.6) is 11.6 Å². The molecule has 0 saturated carbocycles. The van der Waals surface area contributed by atoms with E-state index in [1.165, 1.54) is 23.9 Å². The Morgan fingerprint density at radius 3 is 2.43 bits per heavy atom. The number of amides is 1. The van der Waals surface area contributed by atoms with Crippen molar-refractivity contribution in [2.45, 2.75) is 25.4 Å². The van der Waals surface area contributed by atoms with Crippen molar-refractivity contribution in [2.24, 2.45) is 5.10 Å². The van der Waals surface area contributed by atoms with Crippen LogP contribution in [0.1, 0.15) is 34.1 Å². The van der Waals surface area contributed by atoms with E-state index in [1.807, 2.05) is 44.2 Å². The molecule has 0 fully saturated rings. The monoisotopic (exact) mass is 422 g/mol. The highest BCUT2D eigenvalue weighted by molar-refractivity contribution is 7.99. The Balaban J connectivity index is 1.81. The molecule has 0 bridgehead atoms. The summed E-state index contributed by atoms with van der Waals surface area (Å²) in [6.07, 6.45) is 0.650. The number of hydrogen-bond donors (Lipinski definition) is 3. The number of aryl methyl sites for hydroxylation is 1. The van der Waals surface area contributed by atoms with Gasteiger partial charge in [0, 0.05) is 17.0 Å². The normalized spacial score (nSPS) is 11.3. The lowest BCUT2D eigenvalue weighted by Crippen LogP contribution is -2.21. The standard InChI is InChI=1S/C22H22N4O3S/c1-3-16-14(2)23-22(24-20(16)28)30-13-18(15-9-5-4-6-10-15)25-26-21(29)17-11-7-8-12-19(17)27/h4-12,27H,3,13H2,1-2H3,(H,26,29)(H,23,24,28)/b25-18+. The number of nitrogens with zero attached hydrogens (tertiary/aromatic N) is 3. The zero-order valence-corrected chi connectivity index (χ0v) is 17.5. The quantitative estimate of drug-likeness (QED) is 0.232. The van der Waals surface area contributed by atoms with Gasteiger partial charge in [-0.25, -0.2) is 10.4 Å². The first kappa shape index (κ1) is 21.3. The molecule has 8 heteroatoms. The van der Waals surface area contributed by atoms with E-state index in [9.17, 15) is 15.0 Å². The molecule has 2 aromatic carbocycles. The zero-order chi connectivity index (χ0) is 21.5. The Morgan fingerprint density at radius 1 is 1.07 bits per heavy atom. The third kappa shape index (κ3) is 5.15. The van der Waals surface area contributed by atoms with Crippen LogP contribution in [0.4, 0.5) is 0 Å². The number of phenolic OH excluding ortho intramolecular Hbond substituents is 1. The van der Waals surface area contributed by atoms with Crippen molar-refractivity contribution in [2.75, 3.05) is 5.75 Å². The van der Waals surface area contributed by atoms with Crippen molar-refractivity contribution in [3.63, 3.8) is 0 Å². The molecule has 7 nitrogen and oxygen atoms in total. The van der Waals surface area contributed by atoms with Gasteiger partial charge in [-0.3, -0.25) is 4.79 Å².